The molecule has 1 aromatic carbocycles. The molecular weight excluding hydrogens is 272 g/mol. The van der Waals surface area contributed by atoms with Gasteiger partial charge in [-0.15, -0.1) is 0 Å². The average molecular weight is 298 g/mol. The standard InChI is InChI=1S/C16H26O3S/c1-2-3-4-5-6-7-8-12-15-19-20(17,18)16-13-10-9-11-14-16/h9-11,13-14H,2-8,12,15H2,1H3. The summed E-state index contributed by atoms with van der Waals surface area (Å²) < 4.78 is 28.7. The molecule has 0 atom stereocenters. The van der Waals surface area contributed by atoms with E-state index in [9.17, 15) is 8.42 Å². The number of rotatable bonds is 11. The molecule has 114 valence electrons. The molecule has 0 spiro atoms. The fraction of sp³-hybridized carbons (Fsp3) is 0.625. The highest BCUT2D eigenvalue weighted by molar-refractivity contribution is 7.86. The van der Waals surface area contributed by atoms with Crippen LogP contribution in [0.25, 0.3) is 0 Å². The number of unbranched alkanes of at least 4 members (excludes halogenated alkanes) is 7. The van der Waals surface area contributed by atoms with Crippen molar-refractivity contribution in [2.45, 2.75) is 63.2 Å². The van der Waals surface area contributed by atoms with Crippen LogP contribution in [0.3, 0.4) is 0 Å². The van der Waals surface area contributed by atoms with Crippen molar-refractivity contribution in [3.63, 3.8) is 0 Å². The molecule has 0 aromatic heterocycles. The van der Waals surface area contributed by atoms with Gasteiger partial charge in [0.25, 0.3) is 10.1 Å². The van der Waals surface area contributed by atoms with Crippen LogP contribution >= 0.6 is 0 Å². The summed E-state index contributed by atoms with van der Waals surface area (Å²) in [6.07, 6.45) is 9.44. The van der Waals surface area contributed by atoms with Gasteiger partial charge in [0.2, 0.25) is 0 Å². The third kappa shape index (κ3) is 7.06. The van der Waals surface area contributed by atoms with E-state index in [-0.39, 0.29) is 11.5 Å². The molecule has 0 aliphatic carbocycles. The molecule has 4 heteroatoms. The van der Waals surface area contributed by atoms with Crippen molar-refractivity contribution in [1.82, 2.24) is 0 Å². The van der Waals surface area contributed by atoms with E-state index in [1.807, 2.05) is 0 Å². The summed E-state index contributed by atoms with van der Waals surface area (Å²) >= 11 is 0. The highest BCUT2D eigenvalue weighted by Gasteiger charge is 2.13. The Balaban J connectivity index is 2.09. The second-order valence-electron chi connectivity index (χ2n) is 5.06. The van der Waals surface area contributed by atoms with Crippen molar-refractivity contribution < 1.29 is 12.6 Å². The predicted octanol–water partition coefficient (Wildman–Crippen LogP) is 4.53. The molecule has 1 aromatic rings. The molecule has 20 heavy (non-hydrogen) atoms. The highest BCUT2D eigenvalue weighted by Crippen LogP contribution is 2.13. The highest BCUT2D eigenvalue weighted by atomic mass is 32.2. The lowest BCUT2D eigenvalue weighted by Crippen LogP contribution is -2.07. The van der Waals surface area contributed by atoms with E-state index in [1.54, 1.807) is 30.3 Å². The lowest BCUT2D eigenvalue weighted by Gasteiger charge is -2.05. The summed E-state index contributed by atoms with van der Waals surface area (Å²) in [6, 6.07) is 8.31. The van der Waals surface area contributed by atoms with Crippen LogP contribution in [0.1, 0.15) is 58.3 Å². The second-order valence-corrected chi connectivity index (χ2v) is 6.68. The molecule has 0 saturated heterocycles. The summed E-state index contributed by atoms with van der Waals surface area (Å²) in [6.45, 7) is 2.50. The molecule has 0 amide bonds. The molecule has 0 unspecified atom stereocenters. The van der Waals surface area contributed by atoms with Crippen LogP contribution in [0.2, 0.25) is 0 Å². The van der Waals surface area contributed by atoms with Crippen molar-refractivity contribution in [2.24, 2.45) is 0 Å². The molecule has 0 bridgehead atoms. The summed E-state index contributed by atoms with van der Waals surface area (Å²) in [5.74, 6) is 0. The quantitative estimate of drug-likeness (QED) is 0.445. The SMILES string of the molecule is CCCCCCCCCCOS(=O)(=O)c1ccccc1. The van der Waals surface area contributed by atoms with Crippen molar-refractivity contribution in [1.29, 1.82) is 0 Å². The van der Waals surface area contributed by atoms with Crippen molar-refractivity contribution in [3.8, 4) is 0 Å². The van der Waals surface area contributed by atoms with Gasteiger partial charge in [-0.25, -0.2) is 0 Å². The Morgan fingerprint density at radius 1 is 0.850 bits per heavy atom. The van der Waals surface area contributed by atoms with Crippen LogP contribution in [-0.4, -0.2) is 15.0 Å². The summed E-state index contributed by atoms with van der Waals surface area (Å²) in [5.41, 5.74) is 0. The predicted molar refractivity (Wildman–Crippen MR) is 82.2 cm³/mol. The molecule has 0 aliphatic rings. The van der Waals surface area contributed by atoms with Crippen LogP contribution in [0.4, 0.5) is 0 Å². The molecule has 0 radical (unpaired) electrons. The van der Waals surface area contributed by atoms with Gasteiger partial charge >= 0.3 is 0 Å². The Morgan fingerprint density at radius 3 is 2.00 bits per heavy atom. The van der Waals surface area contributed by atoms with E-state index in [1.165, 1.54) is 38.5 Å². The smallest absolute Gasteiger partial charge is 0.266 e. The Labute approximate surface area is 123 Å². The van der Waals surface area contributed by atoms with Gasteiger partial charge in [-0.2, -0.15) is 8.42 Å². The number of hydrogen-bond donors (Lipinski definition) is 0. The van der Waals surface area contributed by atoms with Crippen molar-refractivity contribution >= 4 is 10.1 Å². The maximum atomic E-state index is 11.8. The topological polar surface area (TPSA) is 43.4 Å². The third-order valence-corrected chi connectivity index (χ3v) is 4.59. The molecule has 0 saturated carbocycles. The zero-order chi connectivity index (χ0) is 14.7. The van der Waals surface area contributed by atoms with E-state index in [0.717, 1.165) is 12.8 Å². The van der Waals surface area contributed by atoms with Crippen LogP contribution in [-0.2, 0) is 14.3 Å². The number of hydrogen-bond acceptors (Lipinski definition) is 3. The first-order valence-corrected chi connectivity index (χ1v) is 9.02. The van der Waals surface area contributed by atoms with E-state index in [4.69, 9.17) is 4.18 Å². The first kappa shape index (κ1) is 17.2. The minimum Gasteiger partial charge on any atom is -0.266 e. The molecule has 3 nitrogen and oxygen atoms in total. The van der Waals surface area contributed by atoms with Crippen LogP contribution < -0.4 is 0 Å². The fourth-order valence-electron chi connectivity index (χ4n) is 2.06. The maximum absolute atomic E-state index is 11.8. The lowest BCUT2D eigenvalue weighted by atomic mass is 10.1. The monoisotopic (exact) mass is 298 g/mol. The zero-order valence-corrected chi connectivity index (χ0v) is 13.2. The zero-order valence-electron chi connectivity index (χ0n) is 12.4. The summed E-state index contributed by atoms with van der Waals surface area (Å²) in [7, 11) is -3.57. The first-order chi connectivity index (χ1) is 9.67. The van der Waals surface area contributed by atoms with E-state index >= 15 is 0 Å². The normalized spacial score (nSPS) is 11.7. The Morgan fingerprint density at radius 2 is 1.40 bits per heavy atom. The van der Waals surface area contributed by atoms with Crippen molar-refractivity contribution in [3.05, 3.63) is 30.3 Å². The maximum Gasteiger partial charge on any atom is 0.296 e. The Hall–Kier alpha value is -0.870. The molecule has 0 N–H and O–H groups in total. The number of benzene rings is 1. The molecular formula is C16H26O3S. The van der Waals surface area contributed by atoms with Crippen LogP contribution in [0.15, 0.2) is 35.2 Å². The van der Waals surface area contributed by atoms with Gasteiger partial charge in [0.05, 0.1) is 11.5 Å². The van der Waals surface area contributed by atoms with Gasteiger partial charge in [-0.3, -0.25) is 4.18 Å². The van der Waals surface area contributed by atoms with Gasteiger partial charge in [-0.05, 0) is 18.6 Å². The van der Waals surface area contributed by atoms with Gasteiger partial charge in [-0.1, -0.05) is 70.1 Å². The Kier molecular flexibility index (Phi) is 8.54. The molecule has 0 heterocycles. The average Bonchev–Trinajstić information content (AvgIpc) is 2.46. The van der Waals surface area contributed by atoms with Crippen molar-refractivity contribution in [2.75, 3.05) is 6.61 Å². The van der Waals surface area contributed by atoms with Gasteiger partial charge in [0.15, 0.2) is 0 Å². The third-order valence-electron chi connectivity index (χ3n) is 3.27. The van der Waals surface area contributed by atoms with E-state index < -0.39 is 10.1 Å². The van der Waals surface area contributed by atoms with Gasteiger partial charge < -0.3 is 0 Å². The molecule has 1 rings (SSSR count). The Bertz CT molecular complexity index is 440. The summed E-state index contributed by atoms with van der Waals surface area (Å²) in [5, 5.41) is 0. The molecule has 0 aliphatic heterocycles. The largest absolute Gasteiger partial charge is 0.296 e. The summed E-state index contributed by atoms with van der Waals surface area (Å²) in [4.78, 5) is 0.236. The van der Waals surface area contributed by atoms with Crippen LogP contribution in [0.5, 0.6) is 0 Å². The van der Waals surface area contributed by atoms with E-state index in [2.05, 4.69) is 6.92 Å². The van der Waals surface area contributed by atoms with Crippen LogP contribution in [0, 0.1) is 0 Å². The minimum absolute atomic E-state index is 0.236. The second kappa shape index (κ2) is 9.94. The minimum atomic E-state index is -3.57. The fourth-order valence-corrected chi connectivity index (χ4v) is 3.02. The lowest BCUT2D eigenvalue weighted by molar-refractivity contribution is 0.306. The molecule has 0 fully saturated rings. The van der Waals surface area contributed by atoms with E-state index in [0.29, 0.717) is 0 Å². The van der Waals surface area contributed by atoms with Gasteiger partial charge in [0.1, 0.15) is 0 Å². The van der Waals surface area contributed by atoms with Gasteiger partial charge in [0, 0.05) is 0 Å². The first-order valence-electron chi connectivity index (χ1n) is 7.61.